The van der Waals surface area contributed by atoms with Gasteiger partial charge in [0.15, 0.2) is 11.5 Å². The van der Waals surface area contributed by atoms with Gasteiger partial charge in [-0.1, -0.05) is 22.0 Å². The molecule has 0 atom stereocenters. The third kappa shape index (κ3) is 2.53. The van der Waals surface area contributed by atoms with Crippen molar-refractivity contribution in [1.29, 1.82) is 0 Å². The van der Waals surface area contributed by atoms with E-state index in [0.29, 0.717) is 18.2 Å². The van der Waals surface area contributed by atoms with Crippen molar-refractivity contribution in [3.63, 3.8) is 0 Å². The van der Waals surface area contributed by atoms with Crippen LogP contribution in [0.3, 0.4) is 0 Å². The van der Waals surface area contributed by atoms with Gasteiger partial charge in [0.05, 0.1) is 0 Å². The molecule has 0 saturated heterocycles. The number of nitrogens with two attached hydrogens (primary N) is 1. The van der Waals surface area contributed by atoms with Gasteiger partial charge in [-0.2, -0.15) is 4.52 Å². The highest BCUT2D eigenvalue weighted by Crippen LogP contribution is 2.17. The van der Waals surface area contributed by atoms with Crippen LogP contribution in [0.4, 0.5) is 5.82 Å². The molecule has 2 heterocycles. The molecular weight excluding hydrogens is 308 g/mol. The SMILES string of the molecule is Nc1cccc2nc(COc3ccc(Br)cc3)nn12. The first-order valence-corrected chi connectivity index (χ1v) is 6.50. The first kappa shape index (κ1) is 12.0. The topological polar surface area (TPSA) is 65.4 Å². The van der Waals surface area contributed by atoms with Gasteiger partial charge in [-0.15, -0.1) is 5.10 Å². The number of halogens is 1. The molecule has 0 aliphatic carbocycles. The largest absolute Gasteiger partial charge is 0.486 e. The first-order chi connectivity index (χ1) is 9.22. The van der Waals surface area contributed by atoms with Gasteiger partial charge in [-0.3, -0.25) is 0 Å². The van der Waals surface area contributed by atoms with E-state index in [0.717, 1.165) is 15.9 Å². The van der Waals surface area contributed by atoms with Crippen LogP contribution >= 0.6 is 15.9 Å². The van der Waals surface area contributed by atoms with Crippen LogP contribution in [-0.4, -0.2) is 14.6 Å². The fourth-order valence-corrected chi connectivity index (χ4v) is 1.97. The Balaban J connectivity index is 1.78. The minimum atomic E-state index is 0.308. The molecule has 3 aromatic rings. The Kier molecular flexibility index (Phi) is 3.08. The number of ether oxygens (including phenoxy) is 1. The molecule has 1 aromatic carbocycles. The van der Waals surface area contributed by atoms with Crippen molar-refractivity contribution in [3.8, 4) is 5.75 Å². The number of rotatable bonds is 3. The zero-order chi connectivity index (χ0) is 13.2. The number of pyridine rings is 1. The number of anilines is 1. The maximum absolute atomic E-state index is 5.81. The third-order valence-electron chi connectivity index (χ3n) is 2.61. The molecule has 5 nitrogen and oxygen atoms in total. The summed E-state index contributed by atoms with van der Waals surface area (Å²) in [5.74, 6) is 1.93. The van der Waals surface area contributed by atoms with Gasteiger partial charge in [0, 0.05) is 4.47 Å². The standard InChI is InChI=1S/C13H11BrN4O/c14-9-4-6-10(7-5-9)19-8-12-16-13-3-1-2-11(15)18(13)17-12/h1-7H,8,15H2. The van der Waals surface area contributed by atoms with Crippen LogP contribution in [0.2, 0.25) is 0 Å². The number of nitrogen functional groups attached to an aromatic ring is 1. The van der Waals surface area contributed by atoms with Crippen molar-refractivity contribution >= 4 is 27.4 Å². The molecule has 0 radical (unpaired) electrons. The molecule has 0 unspecified atom stereocenters. The Morgan fingerprint density at radius 2 is 1.95 bits per heavy atom. The Labute approximate surface area is 118 Å². The summed E-state index contributed by atoms with van der Waals surface area (Å²) in [4.78, 5) is 4.34. The predicted octanol–water partition coefficient (Wildman–Crippen LogP) is 2.65. The summed E-state index contributed by atoms with van der Waals surface area (Å²) in [6.45, 7) is 0.308. The van der Waals surface area contributed by atoms with E-state index in [1.165, 1.54) is 0 Å². The van der Waals surface area contributed by atoms with Crippen molar-refractivity contribution in [3.05, 3.63) is 52.8 Å². The van der Waals surface area contributed by atoms with Gasteiger partial charge in [0.1, 0.15) is 18.2 Å². The molecule has 0 amide bonds. The summed E-state index contributed by atoms with van der Waals surface area (Å²) in [6.07, 6.45) is 0. The number of aromatic nitrogens is 3. The van der Waals surface area contributed by atoms with Crippen molar-refractivity contribution in [2.24, 2.45) is 0 Å². The predicted molar refractivity (Wildman–Crippen MR) is 75.9 cm³/mol. The lowest BCUT2D eigenvalue weighted by Gasteiger charge is -2.02. The maximum atomic E-state index is 5.81. The normalized spacial score (nSPS) is 10.8. The summed E-state index contributed by atoms with van der Waals surface area (Å²) >= 11 is 3.38. The van der Waals surface area contributed by atoms with Crippen molar-refractivity contribution < 1.29 is 4.74 Å². The molecular formula is C13H11BrN4O. The molecule has 2 N–H and O–H groups in total. The van der Waals surface area contributed by atoms with Gasteiger partial charge in [-0.25, -0.2) is 4.98 Å². The molecule has 0 fully saturated rings. The summed E-state index contributed by atoms with van der Waals surface area (Å²) in [6, 6.07) is 13.1. The van der Waals surface area contributed by atoms with Gasteiger partial charge >= 0.3 is 0 Å². The monoisotopic (exact) mass is 318 g/mol. The van der Waals surface area contributed by atoms with Gasteiger partial charge < -0.3 is 10.5 Å². The van der Waals surface area contributed by atoms with Crippen molar-refractivity contribution in [2.45, 2.75) is 6.61 Å². The zero-order valence-corrected chi connectivity index (χ0v) is 11.5. The zero-order valence-electron chi connectivity index (χ0n) is 9.95. The smallest absolute Gasteiger partial charge is 0.189 e. The lowest BCUT2D eigenvalue weighted by atomic mass is 10.3. The molecule has 6 heteroatoms. The second kappa shape index (κ2) is 4.89. The number of nitrogens with zero attached hydrogens (tertiary/aromatic N) is 3. The average Bonchev–Trinajstić information content (AvgIpc) is 2.83. The number of hydrogen-bond donors (Lipinski definition) is 1. The average molecular weight is 319 g/mol. The highest BCUT2D eigenvalue weighted by atomic mass is 79.9. The van der Waals surface area contributed by atoms with Gasteiger partial charge in [0.2, 0.25) is 0 Å². The molecule has 0 aliphatic heterocycles. The lowest BCUT2D eigenvalue weighted by molar-refractivity contribution is 0.296. The quantitative estimate of drug-likeness (QED) is 0.806. The van der Waals surface area contributed by atoms with E-state index in [1.807, 2.05) is 36.4 Å². The minimum absolute atomic E-state index is 0.308. The molecule has 0 aliphatic rings. The summed E-state index contributed by atoms with van der Waals surface area (Å²) in [5, 5.41) is 4.29. The third-order valence-corrected chi connectivity index (χ3v) is 3.14. The van der Waals surface area contributed by atoms with Crippen molar-refractivity contribution in [1.82, 2.24) is 14.6 Å². The lowest BCUT2D eigenvalue weighted by Crippen LogP contribution is -2.00. The Morgan fingerprint density at radius 1 is 1.16 bits per heavy atom. The minimum Gasteiger partial charge on any atom is -0.486 e. The fourth-order valence-electron chi connectivity index (χ4n) is 1.71. The van der Waals surface area contributed by atoms with E-state index in [4.69, 9.17) is 10.5 Å². The summed E-state index contributed by atoms with van der Waals surface area (Å²) < 4.78 is 8.23. The fraction of sp³-hybridized carbons (Fsp3) is 0.0769. The Bertz CT molecular complexity index is 708. The van der Waals surface area contributed by atoms with E-state index in [9.17, 15) is 0 Å². The van der Waals surface area contributed by atoms with E-state index in [-0.39, 0.29) is 0 Å². The number of hydrogen-bond acceptors (Lipinski definition) is 4. The van der Waals surface area contributed by atoms with E-state index >= 15 is 0 Å². The summed E-state index contributed by atoms with van der Waals surface area (Å²) in [5.41, 5.74) is 6.52. The number of fused-ring (bicyclic) bond motifs is 1. The second-order valence-corrected chi connectivity index (χ2v) is 4.91. The van der Waals surface area contributed by atoms with Gasteiger partial charge in [0.25, 0.3) is 0 Å². The maximum Gasteiger partial charge on any atom is 0.189 e. The molecule has 19 heavy (non-hydrogen) atoms. The number of benzene rings is 1. The van der Waals surface area contributed by atoms with Crippen LogP contribution < -0.4 is 10.5 Å². The second-order valence-electron chi connectivity index (χ2n) is 3.99. The van der Waals surface area contributed by atoms with Crippen LogP contribution in [0, 0.1) is 0 Å². The van der Waals surface area contributed by atoms with Crippen molar-refractivity contribution in [2.75, 3.05) is 5.73 Å². The highest BCUT2D eigenvalue weighted by Gasteiger charge is 2.06. The molecule has 2 aromatic heterocycles. The van der Waals surface area contributed by atoms with Crippen LogP contribution in [0.5, 0.6) is 5.75 Å². The molecule has 0 bridgehead atoms. The molecule has 96 valence electrons. The summed E-state index contributed by atoms with van der Waals surface area (Å²) in [7, 11) is 0. The molecule has 3 rings (SSSR count). The van der Waals surface area contributed by atoms with Crippen LogP contribution in [0.15, 0.2) is 46.9 Å². The molecule has 0 saturated carbocycles. The Hall–Kier alpha value is -2.08. The van der Waals surface area contributed by atoms with Crippen LogP contribution in [0.25, 0.3) is 5.65 Å². The van der Waals surface area contributed by atoms with E-state index in [1.54, 1.807) is 10.6 Å². The van der Waals surface area contributed by atoms with Crippen LogP contribution in [0.1, 0.15) is 5.82 Å². The van der Waals surface area contributed by atoms with Gasteiger partial charge in [-0.05, 0) is 36.4 Å². The van der Waals surface area contributed by atoms with Crippen LogP contribution in [-0.2, 0) is 6.61 Å². The van der Waals surface area contributed by atoms with E-state index in [2.05, 4.69) is 26.0 Å². The molecule has 0 spiro atoms. The first-order valence-electron chi connectivity index (χ1n) is 5.71. The highest BCUT2D eigenvalue weighted by molar-refractivity contribution is 9.10. The Morgan fingerprint density at radius 3 is 2.68 bits per heavy atom. The van der Waals surface area contributed by atoms with E-state index < -0.39 is 0 Å².